The van der Waals surface area contributed by atoms with Crippen LogP contribution in [-0.4, -0.2) is 16.6 Å². The minimum absolute atomic E-state index is 0.242. The van der Waals surface area contributed by atoms with Crippen molar-refractivity contribution in [3.05, 3.63) is 48.3 Å². The predicted octanol–water partition coefficient (Wildman–Crippen LogP) is 3.30. The van der Waals surface area contributed by atoms with Crippen LogP contribution in [0.3, 0.4) is 0 Å². The highest BCUT2D eigenvalue weighted by atomic mass is 32.1. The number of benzene rings is 1. The number of aromatic nitrogens is 1. The van der Waals surface area contributed by atoms with Gasteiger partial charge in [0.1, 0.15) is 16.4 Å². The first-order valence-electron chi connectivity index (χ1n) is 6.36. The summed E-state index contributed by atoms with van der Waals surface area (Å²) in [5, 5.41) is 0. The van der Waals surface area contributed by atoms with E-state index in [9.17, 15) is 0 Å². The van der Waals surface area contributed by atoms with Crippen molar-refractivity contribution in [1.29, 1.82) is 0 Å². The molecule has 2 rings (SSSR count). The van der Waals surface area contributed by atoms with Crippen LogP contribution >= 0.6 is 12.2 Å². The zero-order chi connectivity index (χ0) is 14.4. The summed E-state index contributed by atoms with van der Waals surface area (Å²) in [6.07, 6.45) is 2.55. The van der Waals surface area contributed by atoms with E-state index in [1.54, 1.807) is 18.3 Å². The number of thiocarbonyl (C=S) groups is 1. The van der Waals surface area contributed by atoms with Gasteiger partial charge < -0.3 is 15.2 Å². The smallest absolute Gasteiger partial charge is 0.169 e. The Morgan fingerprint density at radius 1 is 1.25 bits per heavy atom. The van der Waals surface area contributed by atoms with E-state index in [4.69, 9.17) is 27.4 Å². The van der Waals surface area contributed by atoms with Crippen LogP contribution in [0.15, 0.2) is 42.6 Å². The molecule has 1 aromatic carbocycles. The van der Waals surface area contributed by atoms with Gasteiger partial charge in [-0.1, -0.05) is 31.3 Å². The highest BCUT2D eigenvalue weighted by Crippen LogP contribution is 2.31. The van der Waals surface area contributed by atoms with E-state index in [0.717, 1.165) is 6.42 Å². The maximum atomic E-state index is 5.82. The molecule has 0 unspecified atom stereocenters. The van der Waals surface area contributed by atoms with Crippen LogP contribution in [0.5, 0.6) is 17.2 Å². The summed E-state index contributed by atoms with van der Waals surface area (Å²) in [6.45, 7) is 2.70. The molecule has 104 valence electrons. The standard InChI is InChI=1S/C15H16N2O2S/c1-2-9-18-13-5-3-4-6-14(13)19-11-7-8-17-12(10-11)15(16)20/h3-8,10H,2,9H2,1H3,(H2,16,20). The third-order valence-corrected chi connectivity index (χ3v) is 2.73. The van der Waals surface area contributed by atoms with Gasteiger partial charge in [0.15, 0.2) is 11.5 Å². The van der Waals surface area contributed by atoms with Crippen LogP contribution < -0.4 is 15.2 Å². The van der Waals surface area contributed by atoms with Crippen molar-refractivity contribution in [3.63, 3.8) is 0 Å². The molecule has 0 bridgehead atoms. The van der Waals surface area contributed by atoms with Gasteiger partial charge in [-0.2, -0.15) is 0 Å². The van der Waals surface area contributed by atoms with Gasteiger partial charge in [-0.25, -0.2) is 0 Å². The van der Waals surface area contributed by atoms with E-state index in [2.05, 4.69) is 11.9 Å². The Labute approximate surface area is 123 Å². The number of nitrogens with two attached hydrogens (primary N) is 1. The summed E-state index contributed by atoms with van der Waals surface area (Å²) in [5.74, 6) is 1.99. The lowest BCUT2D eigenvalue weighted by molar-refractivity contribution is 0.302. The largest absolute Gasteiger partial charge is 0.490 e. The van der Waals surface area contributed by atoms with Crippen LogP contribution in [0, 0.1) is 0 Å². The minimum atomic E-state index is 0.242. The van der Waals surface area contributed by atoms with E-state index in [-0.39, 0.29) is 4.99 Å². The molecule has 0 radical (unpaired) electrons. The lowest BCUT2D eigenvalue weighted by Crippen LogP contribution is -2.11. The van der Waals surface area contributed by atoms with Gasteiger partial charge in [-0.15, -0.1) is 0 Å². The summed E-state index contributed by atoms with van der Waals surface area (Å²) in [7, 11) is 0. The summed E-state index contributed by atoms with van der Waals surface area (Å²) < 4.78 is 11.5. The lowest BCUT2D eigenvalue weighted by atomic mass is 10.3. The highest BCUT2D eigenvalue weighted by Gasteiger charge is 2.07. The zero-order valence-corrected chi connectivity index (χ0v) is 12.0. The molecule has 0 aliphatic carbocycles. The average Bonchev–Trinajstić information content (AvgIpc) is 2.46. The van der Waals surface area contributed by atoms with Gasteiger partial charge in [0.2, 0.25) is 0 Å². The molecule has 0 atom stereocenters. The fraction of sp³-hybridized carbons (Fsp3) is 0.200. The predicted molar refractivity (Wildman–Crippen MR) is 82.4 cm³/mol. The van der Waals surface area contributed by atoms with Crippen LogP contribution in [0.2, 0.25) is 0 Å². The molecule has 2 aromatic rings. The van der Waals surface area contributed by atoms with Gasteiger partial charge in [-0.3, -0.25) is 4.98 Å². The van der Waals surface area contributed by atoms with Gasteiger partial charge in [0, 0.05) is 12.3 Å². The molecule has 0 saturated carbocycles. The van der Waals surface area contributed by atoms with Crippen LogP contribution in [0.4, 0.5) is 0 Å². The fourth-order valence-corrected chi connectivity index (χ4v) is 1.71. The topological polar surface area (TPSA) is 57.4 Å². The molecule has 2 N–H and O–H groups in total. The third-order valence-electron chi connectivity index (χ3n) is 2.52. The molecule has 0 aliphatic heterocycles. The van der Waals surface area contributed by atoms with Crippen molar-refractivity contribution >= 4 is 17.2 Å². The number of ether oxygens (including phenoxy) is 2. The first-order valence-corrected chi connectivity index (χ1v) is 6.77. The summed E-state index contributed by atoms with van der Waals surface area (Å²) in [6, 6.07) is 11.0. The molecular formula is C15H16N2O2S. The number of rotatable bonds is 6. The van der Waals surface area contributed by atoms with Crippen molar-refractivity contribution in [2.45, 2.75) is 13.3 Å². The number of para-hydroxylation sites is 2. The van der Waals surface area contributed by atoms with E-state index >= 15 is 0 Å². The van der Waals surface area contributed by atoms with Crippen molar-refractivity contribution in [2.24, 2.45) is 5.73 Å². The Morgan fingerprint density at radius 3 is 2.70 bits per heavy atom. The molecular weight excluding hydrogens is 272 g/mol. The molecule has 0 saturated heterocycles. The normalized spacial score (nSPS) is 10.1. The molecule has 0 amide bonds. The number of hydrogen-bond acceptors (Lipinski definition) is 4. The van der Waals surface area contributed by atoms with Crippen LogP contribution in [0.25, 0.3) is 0 Å². The summed E-state index contributed by atoms with van der Waals surface area (Å²) in [4.78, 5) is 4.32. The molecule has 0 spiro atoms. The molecule has 0 fully saturated rings. The Hall–Kier alpha value is -2.14. The maximum absolute atomic E-state index is 5.82. The van der Waals surface area contributed by atoms with Gasteiger partial charge in [0.25, 0.3) is 0 Å². The van der Waals surface area contributed by atoms with Crippen LogP contribution in [0.1, 0.15) is 19.0 Å². The minimum Gasteiger partial charge on any atom is -0.490 e. The lowest BCUT2D eigenvalue weighted by Gasteiger charge is -2.12. The molecule has 5 heteroatoms. The molecule has 4 nitrogen and oxygen atoms in total. The quantitative estimate of drug-likeness (QED) is 0.826. The molecule has 0 aliphatic rings. The average molecular weight is 288 g/mol. The van der Waals surface area contributed by atoms with E-state index in [1.165, 1.54) is 0 Å². The van der Waals surface area contributed by atoms with Gasteiger partial charge >= 0.3 is 0 Å². The van der Waals surface area contributed by atoms with E-state index < -0.39 is 0 Å². The van der Waals surface area contributed by atoms with Crippen LogP contribution in [-0.2, 0) is 0 Å². The van der Waals surface area contributed by atoms with Gasteiger partial charge in [0.05, 0.1) is 6.61 Å². The molecule has 1 aromatic heterocycles. The fourth-order valence-electron chi connectivity index (χ4n) is 1.60. The highest BCUT2D eigenvalue weighted by molar-refractivity contribution is 7.80. The van der Waals surface area contributed by atoms with Gasteiger partial charge in [-0.05, 0) is 24.6 Å². The first-order chi connectivity index (χ1) is 9.70. The number of hydrogen-bond donors (Lipinski definition) is 1. The summed E-state index contributed by atoms with van der Waals surface area (Å²) >= 11 is 4.90. The summed E-state index contributed by atoms with van der Waals surface area (Å²) in [5.41, 5.74) is 6.09. The second-order valence-electron chi connectivity index (χ2n) is 4.14. The number of pyridine rings is 1. The van der Waals surface area contributed by atoms with Crippen molar-refractivity contribution in [2.75, 3.05) is 6.61 Å². The van der Waals surface area contributed by atoms with E-state index in [0.29, 0.717) is 29.5 Å². The Morgan fingerprint density at radius 2 is 2.00 bits per heavy atom. The Bertz CT molecular complexity index is 602. The first kappa shape index (κ1) is 14.3. The maximum Gasteiger partial charge on any atom is 0.169 e. The second-order valence-corrected chi connectivity index (χ2v) is 4.58. The SMILES string of the molecule is CCCOc1ccccc1Oc1ccnc(C(N)=S)c1. The Kier molecular flexibility index (Phi) is 4.90. The van der Waals surface area contributed by atoms with E-state index in [1.807, 2.05) is 24.3 Å². The number of nitrogens with zero attached hydrogens (tertiary/aromatic N) is 1. The second kappa shape index (κ2) is 6.86. The van der Waals surface area contributed by atoms with Crippen molar-refractivity contribution < 1.29 is 9.47 Å². The zero-order valence-electron chi connectivity index (χ0n) is 11.2. The molecule has 20 heavy (non-hydrogen) atoms. The van der Waals surface area contributed by atoms with Crippen molar-refractivity contribution in [3.8, 4) is 17.2 Å². The van der Waals surface area contributed by atoms with Crippen molar-refractivity contribution in [1.82, 2.24) is 4.98 Å². The Balaban J connectivity index is 2.21. The monoisotopic (exact) mass is 288 g/mol. The third kappa shape index (κ3) is 3.68. The molecule has 1 heterocycles.